The highest BCUT2D eigenvalue weighted by Crippen LogP contribution is 2.18. The summed E-state index contributed by atoms with van der Waals surface area (Å²) in [7, 11) is 0. The average molecular weight is 257 g/mol. The maximum atomic E-state index is 4.36. The van der Waals surface area contributed by atoms with Crippen LogP contribution in [0.1, 0.15) is 44.4 Å². The van der Waals surface area contributed by atoms with Gasteiger partial charge in [0.15, 0.2) is 0 Å². The van der Waals surface area contributed by atoms with Gasteiger partial charge in [-0.2, -0.15) is 5.10 Å². The molecule has 0 unspecified atom stereocenters. The monoisotopic (exact) mass is 257 g/mol. The van der Waals surface area contributed by atoms with Crippen LogP contribution in [0.4, 0.5) is 5.69 Å². The highest BCUT2D eigenvalue weighted by atomic mass is 15.3. The zero-order valence-corrected chi connectivity index (χ0v) is 12.1. The number of benzene rings is 1. The summed E-state index contributed by atoms with van der Waals surface area (Å²) in [6, 6.07) is 8.95. The Bertz CT molecular complexity index is 514. The molecule has 19 heavy (non-hydrogen) atoms. The number of hydrogen-bond acceptors (Lipinski definition) is 2. The van der Waals surface area contributed by atoms with Crippen molar-refractivity contribution in [1.82, 2.24) is 9.78 Å². The van der Waals surface area contributed by atoms with E-state index in [-0.39, 0.29) is 0 Å². The van der Waals surface area contributed by atoms with Crippen molar-refractivity contribution in [3.8, 4) is 0 Å². The molecular weight excluding hydrogens is 234 g/mol. The lowest BCUT2D eigenvalue weighted by atomic mass is 10.1. The van der Waals surface area contributed by atoms with Gasteiger partial charge in [0, 0.05) is 30.0 Å². The lowest BCUT2D eigenvalue weighted by molar-refractivity contribution is 0.532. The molecule has 0 bridgehead atoms. The summed E-state index contributed by atoms with van der Waals surface area (Å²) >= 11 is 0. The Morgan fingerprint density at radius 3 is 2.74 bits per heavy atom. The Hall–Kier alpha value is -1.77. The second-order valence-electron chi connectivity index (χ2n) is 5.18. The summed E-state index contributed by atoms with van der Waals surface area (Å²) < 4.78 is 2.00. The quantitative estimate of drug-likeness (QED) is 0.846. The Morgan fingerprint density at radius 1 is 1.26 bits per heavy atom. The summed E-state index contributed by atoms with van der Waals surface area (Å²) in [5.74, 6) is 0. The lowest BCUT2D eigenvalue weighted by Crippen LogP contribution is -2.02. The van der Waals surface area contributed by atoms with E-state index in [4.69, 9.17) is 0 Å². The van der Waals surface area contributed by atoms with Crippen molar-refractivity contribution in [2.75, 3.05) is 5.32 Å². The lowest BCUT2D eigenvalue weighted by Gasteiger charge is -2.10. The van der Waals surface area contributed by atoms with Crippen molar-refractivity contribution in [3.63, 3.8) is 0 Å². The van der Waals surface area contributed by atoms with Crippen molar-refractivity contribution in [2.45, 2.75) is 46.2 Å². The average Bonchev–Trinajstić information content (AvgIpc) is 2.87. The molecular formula is C16H23N3. The maximum Gasteiger partial charge on any atom is 0.0539 e. The number of rotatable bonds is 6. The minimum absolute atomic E-state index is 0.418. The molecule has 1 aromatic carbocycles. The van der Waals surface area contributed by atoms with E-state index in [1.165, 1.54) is 23.2 Å². The van der Waals surface area contributed by atoms with Gasteiger partial charge in [0.1, 0.15) is 0 Å². The molecule has 0 saturated carbocycles. The molecule has 0 amide bonds. The fraction of sp³-hybridized carbons (Fsp3) is 0.438. The van der Waals surface area contributed by atoms with Crippen LogP contribution < -0.4 is 5.32 Å². The third-order valence-corrected chi connectivity index (χ3v) is 3.20. The summed E-state index contributed by atoms with van der Waals surface area (Å²) in [5, 5.41) is 7.88. The van der Waals surface area contributed by atoms with E-state index in [0.29, 0.717) is 6.04 Å². The maximum absolute atomic E-state index is 4.36. The van der Waals surface area contributed by atoms with E-state index in [1.807, 2.05) is 10.9 Å². The molecule has 0 atom stereocenters. The fourth-order valence-electron chi connectivity index (χ4n) is 2.13. The molecule has 0 saturated heterocycles. The first-order chi connectivity index (χ1) is 9.20. The normalized spacial score (nSPS) is 10.9. The molecule has 0 radical (unpaired) electrons. The van der Waals surface area contributed by atoms with Crippen LogP contribution >= 0.6 is 0 Å². The van der Waals surface area contributed by atoms with Gasteiger partial charge in [-0.05, 0) is 31.9 Å². The molecule has 0 aliphatic carbocycles. The first kappa shape index (κ1) is 13.7. The fourth-order valence-corrected chi connectivity index (χ4v) is 2.13. The van der Waals surface area contributed by atoms with Crippen LogP contribution in [0.5, 0.6) is 0 Å². The summed E-state index contributed by atoms with van der Waals surface area (Å²) in [6.45, 7) is 7.32. The van der Waals surface area contributed by atoms with E-state index in [1.54, 1.807) is 0 Å². The van der Waals surface area contributed by atoms with Crippen LogP contribution in [0.3, 0.4) is 0 Å². The Morgan fingerprint density at radius 2 is 2.05 bits per heavy atom. The first-order valence-electron chi connectivity index (χ1n) is 7.05. The molecule has 0 spiro atoms. The Kier molecular flexibility index (Phi) is 4.61. The molecule has 3 nitrogen and oxygen atoms in total. The van der Waals surface area contributed by atoms with Crippen LogP contribution in [0.25, 0.3) is 0 Å². The molecule has 0 aliphatic heterocycles. The van der Waals surface area contributed by atoms with Crippen LogP contribution in [0.2, 0.25) is 0 Å². The highest BCUT2D eigenvalue weighted by Gasteiger charge is 2.03. The SMILES string of the molecule is CCCc1ccccc1NCc1cnn(C(C)C)c1. The number of anilines is 1. The van der Waals surface area contributed by atoms with Gasteiger partial charge in [0.25, 0.3) is 0 Å². The molecule has 1 aromatic heterocycles. The van der Waals surface area contributed by atoms with Crippen molar-refractivity contribution >= 4 is 5.69 Å². The predicted molar refractivity (Wildman–Crippen MR) is 80.4 cm³/mol. The smallest absolute Gasteiger partial charge is 0.0539 e. The van der Waals surface area contributed by atoms with Crippen molar-refractivity contribution < 1.29 is 0 Å². The molecule has 0 fully saturated rings. The van der Waals surface area contributed by atoms with Gasteiger partial charge in [-0.3, -0.25) is 4.68 Å². The molecule has 0 aliphatic rings. The Labute approximate surface area is 115 Å². The number of hydrogen-bond donors (Lipinski definition) is 1. The van der Waals surface area contributed by atoms with Crippen molar-refractivity contribution in [2.24, 2.45) is 0 Å². The van der Waals surface area contributed by atoms with Gasteiger partial charge < -0.3 is 5.32 Å². The minimum atomic E-state index is 0.418. The van der Waals surface area contributed by atoms with E-state index in [0.717, 1.165) is 13.0 Å². The first-order valence-corrected chi connectivity index (χ1v) is 7.05. The summed E-state index contributed by atoms with van der Waals surface area (Å²) in [5.41, 5.74) is 3.85. The molecule has 3 heteroatoms. The molecule has 1 N–H and O–H groups in total. The molecule has 1 heterocycles. The third-order valence-electron chi connectivity index (χ3n) is 3.20. The van der Waals surface area contributed by atoms with Crippen LogP contribution in [0, 0.1) is 0 Å². The second-order valence-corrected chi connectivity index (χ2v) is 5.18. The minimum Gasteiger partial charge on any atom is -0.381 e. The van der Waals surface area contributed by atoms with Gasteiger partial charge in [0.2, 0.25) is 0 Å². The van der Waals surface area contributed by atoms with Crippen molar-refractivity contribution in [3.05, 3.63) is 47.8 Å². The number of para-hydroxylation sites is 1. The third kappa shape index (κ3) is 3.60. The van der Waals surface area contributed by atoms with Gasteiger partial charge >= 0.3 is 0 Å². The zero-order valence-electron chi connectivity index (χ0n) is 12.1. The van der Waals surface area contributed by atoms with E-state index in [2.05, 4.69) is 61.6 Å². The van der Waals surface area contributed by atoms with Crippen molar-refractivity contribution in [1.29, 1.82) is 0 Å². The van der Waals surface area contributed by atoms with E-state index < -0.39 is 0 Å². The highest BCUT2D eigenvalue weighted by molar-refractivity contribution is 5.51. The van der Waals surface area contributed by atoms with Gasteiger partial charge in [-0.25, -0.2) is 0 Å². The largest absolute Gasteiger partial charge is 0.381 e. The van der Waals surface area contributed by atoms with Crippen LogP contribution in [-0.2, 0) is 13.0 Å². The van der Waals surface area contributed by atoms with E-state index >= 15 is 0 Å². The summed E-state index contributed by atoms with van der Waals surface area (Å²) in [4.78, 5) is 0. The number of aryl methyl sites for hydroxylation is 1. The second kappa shape index (κ2) is 6.41. The summed E-state index contributed by atoms with van der Waals surface area (Å²) in [6.07, 6.45) is 6.34. The number of nitrogens with one attached hydrogen (secondary N) is 1. The molecule has 2 rings (SSSR count). The van der Waals surface area contributed by atoms with Crippen LogP contribution in [0.15, 0.2) is 36.7 Å². The predicted octanol–water partition coefficient (Wildman–Crippen LogP) is 4.03. The Balaban J connectivity index is 2.01. The van der Waals surface area contributed by atoms with Crippen LogP contribution in [-0.4, -0.2) is 9.78 Å². The van der Waals surface area contributed by atoms with E-state index in [9.17, 15) is 0 Å². The molecule has 102 valence electrons. The van der Waals surface area contributed by atoms with Gasteiger partial charge in [0.05, 0.1) is 6.20 Å². The van der Waals surface area contributed by atoms with Gasteiger partial charge in [-0.1, -0.05) is 31.5 Å². The number of nitrogens with zero attached hydrogens (tertiary/aromatic N) is 2. The molecule has 2 aromatic rings. The zero-order chi connectivity index (χ0) is 13.7. The number of aromatic nitrogens is 2. The topological polar surface area (TPSA) is 29.9 Å². The standard InChI is InChI=1S/C16H23N3/c1-4-7-15-8-5-6-9-16(15)17-10-14-11-18-19(12-14)13(2)3/h5-6,8-9,11-13,17H,4,7,10H2,1-3H3. The van der Waals surface area contributed by atoms with Gasteiger partial charge in [-0.15, -0.1) is 0 Å².